The zero-order valence-corrected chi connectivity index (χ0v) is 14.4. The number of nitrogens with zero attached hydrogens (tertiary/aromatic N) is 1. The van der Waals surface area contributed by atoms with E-state index in [-0.39, 0.29) is 12.1 Å². The number of rotatable bonds is 7. The van der Waals surface area contributed by atoms with Crippen molar-refractivity contribution in [3.05, 3.63) is 0 Å². The van der Waals surface area contributed by atoms with E-state index < -0.39 is 5.60 Å². The number of hydrogen-bond donors (Lipinski definition) is 2. The molecule has 2 N–H and O–H groups in total. The molecule has 124 valence electrons. The molecule has 1 aliphatic carbocycles. The normalized spacial score (nSPS) is 22.6. The molecule has 1 fully saturated rings. The van der Waals surface area contributed by atoms with Gasteiger partial charge < -0.3 is 20.3 Å². The quantitative estimate of drug-likeness (QED) is 0.758. The van der Waals surface area contributed by atoms with Gasteiger partial charge in [-0.05, 0) is 53.1 Å². The maximum atomic E-state index is 11.7. The molecule has 0 spiro atoms. The highest BCUT2D eigenvalue weighted by Gasteiger charge is 2.27. The van der Waals surface area contributed by atoms with Crippen molar-refractivity contribution in [2.75, 3.05) is 26.2 Å². The molecule has 0 heterocycles. The summed E-state index contributed by atoms with van der Waals surface area (Å²) >= 11 is 0. The topological polar surface area (TPSA) is 53.6 Å². The molecular formula is C16H33N3O2. The Labute approximate surface area is 129 Å². The summed E-state index contributed by atoms with van der Waals surface area (Å²) < 4.78 is 5.30. The van der Waals surface area contributed by atoms with E-state index in [1.54, 1.807) is 0 Å². The summed E-state index contributed by atoms with van der Waals surface area (Å²) in [7, 11) is 0. The van der Waals surface area contributed by atoms with Gasteiger partial charge in [0.15, 0.2) is 0 Å². The number of hydrogen-bond acceptors (Lipinski definition) is 4. The first-order valence-electron chi connectivity index (χ1n) is 8.29. The van der Waals surface area contributed by atoms with Crippen LogP contribution >= 0.6 is 0 Å². The minimum absolute atomic E-state index is 0.241. The molecule has 0 aromatic heterocycles. The summed E-state index contributed by atoms with van der Waals surface area (Å²) in [4.78, 5) is 14.2. The minimum atomic E-state index is -0.426. The molecule has 1 aliphatic rings. The lowest BCUT2D eigenvalue weighted by Gasteiger charge is -2.22. The van der Waals surface area contributed by atoms with E-state index in [9.17, 15) is 4.79 Å². The molecule has 0 aliphatic heterocycles. The van der Waals surface area contributed by atoms with Gasteiger partial charge in [0.25, 0.3) is 0 Å². The highest BCUT2D eigenvalue weighted by Crippen LogP contribution is 2.19. The Morgan fingerprint density at radius 1 is 1.19 bits per heavy atom. The number of alkyl carbamates (subject to hydrolysis) is 1. The molecule has 2 unspecified atom stereocenters. The molecule has 1 saturated carbocycles. The van der Waals surface area contributed by atoms with Crippen LogP contribution in [0.3, 0.4) is 0 Å². The van der Waals surface area contributed by atoms with Crippen molar-refractivity contribution in [2.45, 2.75) is 71.6 Å². The van der Waals surface area contributed by atoms with Crippen molar-refractivity contribution >= 4 is 6.09 Å². The lowest BCUT2D eigenvalue weighted by Crippen LogP contribution is -2.40. The van der Waals surface area contributed by atoms with E-state index >= 15 is 0 Å². The highest BCUT2D eigenvalue weighted by atomic mass is 16.6. The van der Waals surface area contributed by atoms with Gasteiger partial charge in [-0.25, -0.2) is 4.79 Å². The van der Waals surface area contributed by atoms with Gasteiger partial charge in [0, 0.05) is 25.2 Å². The van der Waals surface area contributed by atoms with Gasteiger partial charge in [0.05, 0.1) is 0 Å². The average molecular weight is 299 g/mol. The first-order chi connectivity index (χ1) is 9.84. The minimum Gasteiger partial charge on any atom is -0.444 e. The van der Waals surface area contributed by atoms with E-state index in [4.69, 9.17) is 4.74 Å². The smallest absolute Gasteiger partial charge is 0.407 e. The van der Waals surface area contributed by atoms with E-state index in [0.29, 0.717) is 6.04 Å². The lowest BCUT2D eigenvalue weighted by molar-refractivity contribution is 0.0505. The third-order valence-corrected chi connectivity index (χ3v) is 3.91. The SMILES string of the molecule is CCN(CC)CCNC1CCC(NC(=O)OC(C)(C)C)C1. The molecule has 2 atom stereocenters. The Hall–Kier alpha value is -0.810. The van der Waals surface area contributed by atoms with Crippen molar-refractivity contribution in [2.24, 2.45) is 0 Å². The van der Waals surface area contributed by atoms with Crippen LogP contribution in [0.25, 0.3) is 0 Å². The molecular weight excluding hydrogens is 266 g/mol. The number of likely N-dealkylation sites (N-methyl/N-ethyl adjacent to an activating group) is 1. The van der Waals surface area contributed by atoms with Crippen LogP contribution in [0.15, 0.2) is 0 Å². The van der Waals surface area contributed by atoms with Gasteiger partial charge in [-0.3, -0.25) is 0 Å². The van der Waals surface area contributed by atoms with Crippen LogP contribution in [0.2, 0.25) is 0 Å². The van der Waals surface area contributed by atoms with E-state index in [0.717, 1.165) is 45.4 Å². The van der Waals surface area contributed by atoms with E-state index in [2.05, 4.69) is 29.4 Å². The van der Waals surface area contributed by atoms with E-state index in [1.807, 2.05) is 20.8 Å². The molecule has 0 aromatic rings. The highest BCUT2D eigenvalue weighted by molar-refractivity contribution is 5.68. The lowest BCUT2D eigenvalue weighted by atomic mass is 10.2. The molecule has 0 bridgehead atoms. The summed E-state index contributed by atoms with van der Waals surface area (Å²) in [5.41, 5.74) is -0.426. The summed E-state index contributed by atoms with van der Waals surface area (Å²) in [6.07, 6.45) is 2.86. The summed E-state index contributed by atoms with van der Waals surface area (Å²) in [6, 6.07) is 0.756. The fourth-order valence-corrected chi connectivity index (χ4v) is 2.74. The Balaban J connectivity index is 2.19. The molecule has 1 rings (SSSR count). The van der Waals surface area contributed by atoms with Crippen LogP contribution in [0.4, 0.5) is 4.79 Å². The maximum absolute atomic E-state index is 11.7. The van der Waals surface area contributed by atoms with Crippen molar-refractivity contribution in [3.63, 3.8) is 0 Å². The van der Waals surface area contributed by atoms with Gasteiger partial charge in [-0.2, -0.15) is 0 Å². The van der Waals surface area contributed by atoms with Gasteiger partial charge in [0.1, 0.15) is 5.60 Å². The van der Waals surface area contributed by atoms with Crippen LogP contribution in [0.1, 0.15) is 53.9 Å². The number of nitrogens with one attached hydrogen (secondary N) is 2. The molecule has 0 saturated heterocycles. The van der Waals surface area contributed by atoms with Crippen molar-refractivity contribution in [1.82, 2.24) is 15.5 Å². The number of amides is 1. The molecule has 5 heteroatoms. The van der Waals surface area contributed by atoms with Crippen LogP contribution < -0.4 is 10.6 Å². The van der Waals surface area contributed by atoms with Crippen molar-refractivity contribution in [1.29, 1.82) is 0 Å². The van der Waals surface area contributed by atoms with E-state index in [1.165, 1.54) is 0 Å². The largest absolute Gasteiger partial charge is 0.444 e. The van der Waals surface area contributed by atoms with Crippen LogP contribution in [-0.4, -0.2) is 54.9 Å². The Bertz CT molecular complexity index is 311. The standard InChI is InChI=1S/C16H33N3O2/c1-6-19(7-2)11-10-17-13-8-9-14(12-13)18-15(20)21-16(3,4)5/h13-14,17H,6-12H2,1-5H3,(H,18,20). The molecule has 21 heavy (non-hydrogen) atoms. The van der Waals surface area contributed by atoms with Crippen LogP contribution in [-0.2, 0) is 4.74 Å². The Morgan fingerprint density at radius 3 is 2.38 bits per heavy atom. The Kier molecular flexibility index (Phi) is 7.46. The van der Waals surface area contributed by atoms with Crippen LogP contribution in [0.5, 0.6) is 0 Å². The number of ether oxygens (including phenoxy) is 1. The monoisotopic (exact) mass is 299 g/mol. The van der Waals surface area contributed by atoms with Gasteiger partial charge in [-0.15, -0.1) is 0 Å². The summed E-state index contributed by atoms with van der Waals surface area (Å²) in [5, 5.41) is 6.57. The number of carbonyl (C=O) groups excluding carboxylic acids is 1. The zero-order valence-electron chi connectivity index (χ0n) is 14.4. The molecule has 5 nitrogen and oxygen atoms in total. The second-order valence-corrected chi connectivity index (χ2v) is 6.83. The zero-order chi connectivity index (χ0) is 15.9. The maximum Gasteiger partial charge on any atom is 0.407 e. The number of carbonyl (C=O) groups is 1. The molecule has 0 aromatic carbocycles. The summed E-state index contributed by atoms with van der Waals surface area (Å²) in [5.74, 6) is 0. The third-order valence-electron chi connectivity index (χ3n) is 3.91. The fraction of sp³-hybridized carbons (Fsp3) is 0.938. The molecule has 1 amide bonds. The first kappa shape index (κ1) is 18.2. The predicted molar refractivity (Wildman–Crippen MR) is 86.6 cm³/mol. The van der Waals surface area contributed by atoms with Gasteiger partial charge >= 0.3 is 6.09 Å². The Morgan fingerprint density at radius 2 is 1.81 bits per heavy atom. The first-order valence-corrected chi connectivity index (χ1v) is 8.29. The average Bonchev–Trinajstić information content (AvgIpc) is 2.79. The van der Waals surface area contributed by atoms with Crippen LogP contribution in [0, 0.1) is 0 Å². The predicted octanol–water partition coefficient (Wildman–Crippen LogP) is 2.36. The van der Waals surface area contributed by atoms with Crippen molar-refractivity contribution in [3.8, 4) is 0 Å². The van der Waals surface area contributed by atoms with Gasteiger partial charge in [-0.1, -0.05) is 13.8 Å². The molecule has 0 radical (unpaired) electrons. The third kappa shape index (κ3) is 7.67. The van der Waals surface area contributed by atoms with Gasteiger partial charge in [0.2, 0.25) is 0 Å². The second-order valence-electron chi connectivity index (χ2n) is 6.83. The fourth-order valence-electron chi connectivity index (χ4n) is 2.74. The second kappa shape index (κ2) is 8.59. The summed E-state index contributed by atoms with van der Waals surface area (Å²) in [6.45, 7) is 14.4. The van der Waals surface area contributed by atoms with Crippen molar-refractivity contribution < 1.29 is 9.53 Å².